The van der Waals surface area contributed by atoms with E-state index >= 15 is 0 Å². The minimum Gasteiger partial charge on any atom is -0.299 e. The van der Waals surface area contributed by atoms with Crippen molar-refractivity contribution in [2.24, 2.45) is 11.8 Å². The Morgan fingerprint density at radius 3 is 2.95 bits per heavy atom. The van der Waals surface area contributed by atoms with Crippen LogP contribution in [0.3, 0.4) is 0 Å². The number of nitrogens with one attached hydrogen (secondary N) is 1. The molecule has 1 saturated carbocycles. The lowest BCUT2D eigenvalue weighted by Gasteiger charge is -2.34. The molecule has 2 unspecified atom stereocenters. The molecule has 5 heteroatoms. The summed E-state index contributed by atoms with van der Waals surface area (Å²) < 4.78 is 0. The fourth-order valence-electron chi connectivity index (χ4n) is 3.06. The van der Waals surface area contributed by atoms with Crippen molar-refractivity contribution in [3.63, 3.8) is 0 Å². The smallest absolute Gasteiger partial charge is 0.275 e. The molecular weight excluding hydrogens is 270 g/mol. The summed E-state index contributed by atoms with van der Waals surface area (Å²) in [4.78, 5) is 15.9. The summed E-state index contributed by atoms with van der Waals surface area (Å²) in [5, 5.41) is 0. The quantitative estimate of drug-likeness (QED) is 0.510. The van der Waals surface area contributed by atoms with Gasteiger partial charge in [0.05, 0.1) is 4.88 Å². The van der Waals surface area contributed by atoms with Crippen molar-refractivity contribution in [1.82, 2.24) is 10.3 Å². The first-order chi connectivity index (χ1) is 9.51. The minimum absolute atomic E-state index is 0.196. The molecule has 2 atom stereocenters. The van der Waals surface area contributed by atoms with Crippen LogP contribution in [-0.4, -0.2) is 23.9 Å². The van der Waals surface area contributed by atoms with Gasteiger partial charge >= 0.3 is 0 Å². The normalized spacial score (nSPS) is 23.1. The third-order valence-corrected chi connectivity index (χ3v) is 5.42. The summed E-state index contributed by atoms with van der Waals surface area (Å²) in [5.41, 5.74) is 3.45. The van der Waals surface area contributed by atoms with Crippen LogP contribution in [0.4, 0.5) is 0 Å². The molecule has 0 aromatic carbocycles. The number of rotatable bonds is 4. The van der Waals surface area contributed by atoms with Gasteiger partial charge in [0.2, 0.25) is 0 Å². The number of hydrogen-bond donors (Lipinski definition) is 2. The highest BCUT2D eigenvalue weighted by Crippen LogP contribution is 2.29. The second-order valence-corrected chi connectivity index (χ2v) is 7.26. The lowest BCUT2D eigenvalue weighted by atomic mass is 9.86. The van der Waals surface area contributed by atoms with Crippen molar-refractivity contribution >= 4 is 17.2 Å². The van der Waals surface area contributed by atoms with Crippen LogP contribution in [0.1, 0.15) is 52.7 Å². The molecule has 1 amide bonds. The summed E-state index contributed by atoms with van der Waals surface area (Å²) in [6.07, 6.45) is 5.28. The van der Waals surface area contributed by atoms with Crippen molar-refractivity contribution in [2.75, 3.05) is 7.05 Å². The Balaban J connectivity index is 2.02. The molecule has 3 N–H and O–H groups in total. The average Bonchev–Trinajstić information content (AvgIpc) is 2.79. The third kappa shape index (κ3) is 3.59. The van der Waals surface area contributed by atoms with Gasteiger partial charge in [-0.15, -0.1) is 11.3 Å². The van der Waals surface area contributed by atoms with Crippen molar-refractivity contribution in [2.45, 2.75) is 52.1 Å². The summed E-state index contributed by atoms with van der Waals surface area (Å²) in [6, 6.07) is 2.65. The number of nitrogen functional groups attached to an aromatic ring is 1. The Labute approximate surface area is 125 Å². The summed E-state index contributed by atoms with van der Waals surface area (Å²) in [5.74, 6) is 5.83. The van der Waals surface area contributed by atoms with Crippen LogP contribution in [0.2, 0.25) is 0 Å². The zero-order chi connectivity index (χ0) is 14.7. The summed E-state index contributed by atoms with van der Waals surface area (Å²) in [6.45, 7) is 5.34. The maximum Gasteiger partial charge on any atom is 0.275 e. The topological polar surface area (TPSA) is 58.4 Å². The second-order valence-electron chi connectivity index (χ2n) is 6.01. The van der Waals surface area contributed by atoms with Gasteiger partial charge in [0.15, 0.2) is 0 Å². The number of thiophene rings is 1. The fraction of sp³-hybridized carbons (Fsp3) is 0.667. The monoisotopic (exact) mass is 295 g/mol. The van der Waals surface area contributed by atoms with Crippen molar-refractivity contribution < 1.29 is 4.79 Å². The number of carbonyl (C=O) groups is 1. The van der Waals surface area contributed by atoms with Crippen LogP contribution in [0, 0.1) is 12.8 Å². The number of carbonyl (C=O) groups excluding carboxylic acids is 1. The third-order valence-electron chi connectivity index (χ3n) is 4.33. The molecule has 1 heterocycles. The highest BCUT2D eigenvalue weighted by atomic mass is 32.1. The van der Waals surface area contributed by atoms with Crippen LogP contribution in [0.5, 0.6) is 0 Å². The zero-order valence-electron chi connectivity index (χ0n) is 12.6. The van der Waals surface area contributed by atoms with E-state index in [4.69, 9.17) is 5.84 Å². The van der Waals surface area contributed by atoms with Gasteiger partial charge in [-0.2, -0.15) is 0 Å². The van der Waals surface area contributed by atoms with Crippen molar-refractivity contribution in [3.05, 3.63) is 21.4 Å². The van der Waals surface area contributed by atoms with E-state index in [-0.39, 0.29) is 5.91 Å². The first kappa shape index (κ1) is 15.5. The van der Waals surface area contributed by atoms with Crippen LogP contribution in [0.15, 0.2) is 6.07 Å². The maximum absolute atomic E-state index is 11.6. The maximum atomic E-state index is 11.6. The largest absolute Gasteiger partial charge is 0.299 e. The number of aryl methyl sites for hydroxylation is 1. The van der Waals surface area contributed by atoms with E-state index in [1.165, 1.54) is 47.5 Å². The molecule has 2 rings (SSSR count). The van der Waals surface area contributed by atoms with Gasteiger partial charge in [-0.3, -0.25) is 15.1 Å². The van der Waals surface area contributed by atoms with E-state index < -0.39 is 0 Å². The molecule has 0 radical (unpaired) electrons. The number of hydrazine groups is 1. The van der Waals surface area contributed by atoms with Gasteiger partial charge in [-0.1, -0.05) is 19.8 Å². The minimum atomic E-state index is -0.196. The Morgan fingerprint density at radius 1 is 1.55 bits per heavy atom. The zero-order valence-corrected chi connectivity index (χ0v) is 13.4. The van der Waals surface area contributed by atoms with Crippen LogP contribution >= 0.6 is 11.3 Å². The number of hydrogen-bond acceptors (Lipinski definition) is 4. The lowest BCUT2D eigenvalue weighted by Crippen LogP contribution is -2.35. The summed E-state index contributed by atoms with van der Waals surface area (Å²) >= 11 is 1.52. The second kappa shape index (κ2) is 6.70. The SMILES string of the molecule is Cc1sc(C(=O)NN)cc1CN(C)C1CCCC(C)C1. The molecule has 1 aliphatic carbocycles. The van der Waals surface area contributed by atoms with Gasteiger partial charge in [-0.05, 0) is 44.4 Å². The lowest BCUT2D eigenvalue weighted by molar-refractivity contribution is 0.0957. The fourth-order valence-corrected chi connectivity index (χ4v) is 4.00. The molecule has 1 aromatic rings. The molecule has 1 aliphatic rings. The van der Waals surface area contributed by atoms with Crippen LogP contribution in [-0.2, 0) is 6.54 Å². The van der Waals surface area contributed by atoms with Crippen molar-refractivity contribution in [1.29, 1.82) is 0 Å². The Kier molecular flexibility index (Phi) is 5.18. The van der Waals surface area contributed by atoms with Gasteiger partial charge in [0.25, 0.3) is 5.91 Å². The number of nitrogens with two attached hydrogens (primary N) is 1. The molecule has 20 heavy (non-hydrogen) atoms. The Bertz CT molecular complexity index is 472. The predicted molar refractivity (Wildman–Crippen MR) is 83.6 cm³/mol. The molecule has 4 nitrogen and oxygen atoms in total. The van der Waals surface area contributed by atoms with E-state index in [2.05, 4.69) is 31.2 Å². The number of amides is 1. The molecule has 0 bridgehead atoms. The van der Waals surface area contributed by atoms with Crippen LogP contribution < -0.4 is 11.3 Å². The standard InChI is InChI=1S/C15H25N3OS/c1-10-5-4-6-13(7-10)18(3)9-12-8-14(15(19)17-16)20-11(12)2/h8,10,13H,4-7,9,16H2,1-3H3,(H,17,19). The van der Waals surface area contributed by atoms with Gasteiger partial charge in [0, 0.05) is 17.5 Å². The Morgan fingerprint density at radius 2 is 2.30 bits per heavy atom. The molecule has 1 fully saturated rings. The van der Waals surface area contributed by atoms with Gasteiger partial charge in [-0.25, -0.2) is 5.84 Å². The Hall–Kier alpha value is -0.910. The highest BCUT2D eigenvalue weighted by molar-refractivity contribution is 7.14. The highest BCUT2D eigenvalue weighted by Gasteiger charge is 2.23. The molecule has 0 spiro atoms. The molecule has 1 aromatic heterocycles. The van der Waals surface area contributed by atoms with Crippen molar-refractivity contribution in [3.8, 4) is 0 Å². The van der Waals surface area contributed by atoms with E-state index in [0.29, 0.717) is 10.9 Å². The molecular formula is C15H25N3OS. The average molecular weight is 295 g/mol. The first-order valence-corrected chi connectivity index (χ1v) is 8.13. The van der Waals surface area contributed by atoms with E-state index in [1.807, 2.05) is 6.07 Å². The van der Waals surface area contributed by atoms with Gasteiger partial charge < -0.3 is 0 Å². The predicted octanol–water partition coefficient (Wildman–Crippen LogP) is 2.67. The molecule has 0 aliphatic heterocycles. The molecule has 0 saturated heterocycles. The van der Waals surface area contributed by atoms with Crippen LogP contribution in [0.25, 0.3) is 0 Å². The first-order valence-electron chi connectivity index (χ1n) is 7.31. The van der Waals surface area contributed by atoms with E-state index in [0.717, 1.165) is 12.5 Å². The summed E-state index contributed by atoms with van der Waals surface area (Å²) in [7, 11) is 2.20. The van der Waals surface area contributed by atoms with Gasteiger partial charge in [0.1, 0.15) is 0 Å². The molecule has 112 valence electrons. The van der Waals surface area contributed by atoms with E-state index in [1.54, 1.807) is 0 Å². The van der Waals surface area contributed by atoms with E-state index in [9.17, 15) is 4.79 Å². The number of nitrogens with zero attached hydrogens (tertiary/aromatic N) is 1.